The zero-order chi connectivity index (χ0) is 34.0. The first kappa shape index (κ1) is 30.2. The number of para-hydroxylation sites is 5. The van der Waals surface area contributed by atoms with Crippen LogP contribution in [0.15, 0.2) is 212 Å². The van der Waals surface area contributed by atoms with Crippen LogP contribution in [0, 0.1) is 0 Å². The van der Waals surface area contributed by atoms with Crippen molar-refractivity contribution in [3.8, 4) is 16.8 Å². The van der Waals surface area contributed by atoms with Crippen LogP contribution in [0.2, 0.25) is 0 Å². The SMILES string of the molecule is c1ccc(N(c2ccccc2)c2ccc(-c3ccc(-n4c5ccccc5c5c(N(c6ccccc6)c6ccccc6)cccc54)cc3)cc2)cc1. The standard InChI is InChI=1S/C48H35N3/c1-5-16-38(17-6-1)49(39-18-7-2-8-19-39)42-32-28-36(29-33-42)37-30-34-43(35-31-37)51-45-25-14-13-24-44(45)48-46(26-15-27-47(48)51)50(40-20-9-3-10-21-40)41-22-11-4-12-23-41/h1-35H. The first-order chi connectivity index (χ1) is 25.3. The molecule has 0 saturated carbocycles. The van der Waals surface area contributed by atoms with Gasteiger partial charge in [0.25, 0.3) is 0 Å². The molecule has 0 N–H and O–H groups in total. The summed E-state index contributed by atoms with van der Waals surface area (Å²) in [6, 6.07) is 75.6. The highest BCUT2D eigenvalue weighted by molar-refractivity contribution is 6.16. The van der Waals surface area contributed by atoms with Crippen LogP contribution < -0.4 is 9.80 Å². The Bertz CT molecular complexity index is 2460. The number of anilines is 6. The smallest absolute Gasteiger partial charge is 0.0562 e. The van der Waals surface area contributed by atoms with E-state index in [0.717, 1.165) is 39.8 Å². The lowest BCUT2D eigenvalue weighted by Gasteiger charge is -2.26. The van der Waals surface area contributed by atoms with Crippen molar-refractivity contribution < 1.29 is 0 Å². The maximum atomic E-state index is 2.40. The third-order valence-electron chi connectivity index (χ3n) is 9.56. The van der Waals surface area contributed by atoms with E-state index in [-0.39, 0.29) is 0 Å². The fourth-order valence-corrected chi connectivity index (χ4v) is 7.25. The second-order valence-corrected chi connectivity index (χ2v) is 12.6. The van der Waals surface area contributed by atoms with E-state index in [9.17, 15) is 0 Å². The van der Waals surface area contributed by atoms with Crippen LogP contribution in [0.4, 0.5) is 34.1 Å². The average Bonchev–Trinajstić information content (AvgIpc) is 3.55. The number of benzene rings is 8. The van der Waals surface area contributed by atoms with Crippen molar-refractivity contribution in [2.45, 2.75) is 0 Å². The predicted octanol–water partition coefficient (Wildman–Crippen LogP) is 13.4. The molecule has 0 aliphatic carbocycles. The molecule has 1 aromatic heterocycles. The van der Waals surface area contributed by atoms with Gasteiger partial charge in [-0.1, -0.05) is 121 Å². The maximum Gasteiger partial charge on any atom is 0.0562 e. The molecule has 0 spiro atoms. The number of rotatable bonds is 8. The lowest BCUT2D eigenvalue weighted by atomic mass is 10.0. The molecular weight excluding hydrogens is 619 g/mol. The van der Waals surface area contributed by atoms with E-state index >= 15 is 0 Å². The van der Waals surface area contributed by atoms with Crippen molar-refractivity contribution in [2.75, 3.05) is 9.80 Å². The summed E-state index contributed by atoms with van der Waals surface area (Å²) in [5.74, 6) is 0. The van der Waals surface area contributed by atoms with Crippen LogP contribution in [0.1, 0.15) is 0 Å². The number of hydrogen-bond donors (Lipinski definition) is 0. The van der Waals surface area contributed by atoms with Crippen molar-refractivity contribution in [1.82, 2.24) is 4.57 Å². The summed E-state index contributed by atoms with van der Waals surface area (Å²) < 4.78 is 2.40. The van der Waals surface area contributed by atoms with Crippen LogP contribution in [0.3, 0.4) is 0 Å². The fraction of sp³-hybridized carbons (Fsp3) is 0. The average molecular weight is 654 g/mol. The van der Waals surface area contributed by atoms with Crippen molar-refractivity contribution in [2.24, 2.45) is 0 Å². The van der Waals surface area contributed by atoms with Gasteiger partial charge in [-0.15, -0.1) is 0 Å². The molecule has 51 heavy (non-hydrogen) atoms. The molecule has 8 aromatic carbocycles. The quantitative estimate of drug-likeness (QED) is 0.162. The number of hydrogen-bond acceptors (Lipinski definition) is 2. The predicted molar refractivity (Wildman–Crippen MR) is 216 cm³/mol. The largest absolute Gasteiger partial charge is 0.311 e. The van der Waals surface area contributed by atoms with Gasteiger partial charge in [0.2, 0.25) is 0 Å². The summed E-state index contributed by atoms with van der Waals surface area (Å²) in [4.78, 5) is 4.66. The maximum absolute atomic E-state index is 2.40. The highest BCUT2D eigenvalue weighted by atomic mass is 15.2. The Balaban J connectivity index is 1.11. The Labute approximate surface area is 298 Å². The molecule has 3 nitrogen and oxygen atoms in total. The van der Waals surface area contributed by atoms with Gasteiger partial charge in [0.15, 0.2) is 0 Å². The highest BCUT2D eigenvalue weighted by Crippen LogP contribution is 2.44. The molecule has 0 saturated heterocycles. The molecule has 1 heterocycles. The third-order valence-corrected chi connectivity index (χ3v) is 9.56. The normalized spacial score (nSPS) is 11.1. The van der Waals surface area contributed by atoms with E-state index in [1.807, 2.05) is 0 Å². The minimum atomic E-state index is 1.12. The molecule has 0 aliphatic rings. The molecule has 9 aromatic rings. The van der Waals surface area contributed by atoms with Crippen molar-refractivity contribution in [1.29, 1.82) is 0 Å². The van der Waals surface area contributed by atoms with E-state index < -0.39 is 0 Å². The van der Waals surface area contributed by atoms with Crippen LogP contribution >= 0.6 is 0 Å². The first-order valence-electron chi connectivity index (χ1n) is 17.4. The molecule has 0 radical (unpaired) electrons. The fourth-order valence-electron chi connectivity index (χ4n) is 7.25. The number of nitrogens with zero attached hydrogens (tertiary/aromatic N) is 3. The summed E-state index contributed by atoms with van der Waals surface area (Å²) in [6.45, 7) is 0. The van der Waals surface area contributed by atoms with Gasteiger partial charge >= 0.3 is 0 Å². The van der Waals surface area contributed by atoms with Crippen molar-refractivity contribution in [3.05, 3.63) is 212 Å². The summed E-state index contributed by atoms with van der Waals surface area (Å²) in [6.07, 6.45) is 0. The molecular formula is C48H35N3. The molecule has 9 rings (SSSR count). The topological polar surface area (TPSA) is 11.4 Å². The Hall–Kier alpha value is -6.84. The third kappa shape index (κ3) is 5.61. The van der Waals surface area contributed by atoms with E-state index in [2.05, 4.69) is 227 Å². The zero-order valence-corrected chi connectivity index (χ0v) is 28.0. The zero-order valence-electron chi connectivity index (χ0n) is 28.0. The van der Waals surface area contributed by atoms with E-state index in [4.69, 9.17) is 0 Å². The molecule has 0 aliphatic heterocycles. The van der Waals surface area contributed by atoms with E-state index in [1.165, 1.54) is 32.9 Å². The van der Waals surface area contributed by atoms with Crippen LogP contribution in [-0.2, 0) is 0 Å². The lowest BCUT2D eigenvalue weighted by Crippen LogP contribution is -2.10. The summed E-state index contributed by atoms with van der Waals surface area (Å²) in [5.41, 5.74) is 12.6. The number of aromatic nitrogens is 1. The molecule has 3 heteroatoms. The first-order valence-corrected chi connectivity index (χ1v) is 17.4. The van der Waals surface area contributed by atoms with Crippen molar-refractivity contribution >= 4 is 55.9 Å². The molecule has 0 fully saturated rings. The highest BCUT2D eigenvalue weighted by Gasteiger charge is 2.20. The summed E-state index contributed by atoms with van der Waals surface area (Å²) in [5, 5.41) is 2.45. The number of fused-ring (bicyclic) bond motifs is 3. The van der Waals surface area contributed by atoms with Crippen molar-refractivity contribution in [3.63, 3.8) is 0 Å². The van der Waals surface area contributed by atoms with Gasteiger partial charge in [-0.05, 0) is 102 Å². The van der Waals surface area contributed by atoms with Crippen LogP contribution in [0.25, 0.3) is 38.6 Å². The second-order valence-electron chi connectivity index (χ2n) is 12.6. The van der Waals surface area contributed by atoms with Gasteiger partial charge in [-0.3, -0.25) is 0 Å². The molecule has 0 atom stereocenters. The molecule has 0 bridgehead atoms. The van der Waals surface area contributed by atoms with E-state index in [1.54, 1.807) is 0 Å². The Morgan fingerprint density at radius 1 is 0.294 bits per heavy atom. The minimum Gasteiger partial charge on any atom is -0.311 e. The van der Waals surface area contributed by atoms with Gasteiger partial charge in [0, 0.05) is 44.9 Å². The Morgan fingerprint density at radius 3 is 1.24 bits per heavy atom. The van der Waals surface area contributed by atoms with Gasteiger partial charge in [-0.25, -0.2) is 0 Å². The lowest BCUT2D eigenvalue weighted by molar-refractivity contribution is 1.18. The second kappa shape index (κ2) is 13.2. The minimum absolute atomic E-state index is 1.12. The molecule has 242 valence electrons. The van der Waals surface area contributed by atoms with Crippen LogP contribution in [-0.4, -0.2) is 4.57 Å². The van der Waals surface area contributed by atoms with E-state index in [0.29, 0.717) is 0 Å². The summed E-state index contributed by atoms with van der Waals surface area (Å²) >= 11 is 0. The van der Waals surface area contributed by atoms with Gasteiger partial charge < -0.3 is 14.4 Å². The van der Waals surface area contributed by atoms with Gasteiger partial charge in [-0.2, -0.15) is 0 Å². The Morgan fingerprint density at radius 2 is 0.706 bits per heavy atom. The molecule has 0 amide bonds. The summed E-state index contributed by atoms with van der Waals surface area (Å²) in [7, 11) is 0. The van der Waals surface area contributed by atoms with Crippen LogP contribution in [0.5, 0.6) is 0 Å². The van der Waals surface area contributed by atoms with Gasteiger partial charge in [0.1, 0.15) is 0 Å². The monoisotopic (exact) mass is 653 g/mol. The molecule has 0 unspecified atom stereocenters. The van der Waals surface area contributed by atoms with Gasteiger partial charge in [0.05, 0.1) is 16.7 Å². The Kier molecular flexibility index (Phi) is 7.84.